The standard InChI is InChI=1S/C13H17ClN4O2S/c1-9-11(14)7-10(8-12(9)15)21(19,20)17-4-3-13-16-5-6-18(13)2/h5-8,17H,3-4,15H2,1-2H3. The van der Waals surface area contributed by atoms with Gasteiger partial charge < -0.3 is 10.3 Å². The topological polar surface area (TPSA) is 90.0 Å². The first-order chi connectivity index (χ1) is 9.81. The molecule has 0 bridgehead atoms. The fourth-order valence-corrected chi connectivity index (χ4v) is 3.23. The summed E-state index contributed by atoms with van der Waals surface area (Å²) in [5.74, 6) is 0.805. The Morgan fingerprint density at radius 2 is 2.14 bits per heavy atom. The average molecular weight is 329 g/mol. The van der Waals surface area contributed by atoms with Crippen molar-refractivity contribution >= 4 is 27.3 Å². The van der Waals surface area contributed by atoms with Gasteiger partial charge in [-0.15, -0.1) is 0 Å². The predicted molar refractivity (Wildman–Crippen MR) is 82.7 cm³/mol. The molecule has 3 N–H and O–H groups in total. The van der Waals surface area contributed by atoms with Gasteiger partial charge in [0, 0.05) is 43.1 Å². The van der Waals surface area contributed by atoms with E-state index in [9.17, 15) is 8.42 Å². The number of nitrogen functional groups attached to an aromatic ring is 1. The van der Waals surface area contributed by atoms with Crippen molar-refractivity contribution in [2.24, 2.45) is 7.05 Å². The Hall–Kier alpha value is -1.57. The Bertz CT molecular complexity index is 732. The van der Waals surface area contributed by atoms with E-state index in [0.29, 0.717) is 22.7 Å². The zero-order chi connectivity index (χ0) is 15.6. The number of nitrogens with one attached hydrogen (secondary N) is 1. The molecule has 0 unspecified atom stereocenters. The maximum atomic E-state index is 12.2. The normalized spacial score (nSPS) is 11.8. The Kier molecular flexibility index (Phi) is 4.55. The lowest BCUT2D eigenvalue weighted by atomic mass is 10.2. The number of benzene rings is 1. The Labute approximate surface area is 129 Å². The summed E-state index contributed by atoms with van der Waals surface area (Å²) in [5.41, 5.74) is 6.78. The summed E-state index contributed by atoms with van der Waals surface area (Å²) in [5, 5.41) is 0.333. The van der Waals surface area contributed by atoms with E-state index in [-0.39, 0.29) is 11.4 Å². The summed E-state index contributed by atoms with van der Waals surface area (Å²) in [4.78, 5) is 4.20. The smallest absolute Gasteiger partial charge is 0.240 e. The van der Waals surface area contributed by atoms with Crippen LogP contribution in [0.5, 0.6) is 0 Å². The second kappa shape index (κ2) is 6.05. The first-order valence-electron chi connectivity index (χ1n) is 6.33. The molecule has 21 heavy (non-hydrogen) atoms. The van der Waals surface area contributed by atoms with E-state index in [2.05, 4.69) is 9.71 Å². The van der Waals surface area contributed by atoms with Crippen molar-refractivity contribution in [1.82, 2.24) is 14.3 Å². The molecule has 2 aromatic rings. The molecule has 0 aliphatic heterocycles. The van der Waals surface area contributed by atoms with Crippen LogP contribution in [0.4, 0.5) is 5.69 Å². The van der Waals surface area contributed by atoms with E-state index >= 15 is 0 Å². The molecule has 114 valence electrons. The largest absolute Gasteiger partial charge is 0.398 e. The van der Waals surface area contributed by atoms with Gasteiger partial charge in [0.05, 0.1) is 4.90 Å². The SMILES string of the molecule is Cc1c(N)cc(S(=O)(=O)NCCc2nccn2C)cc1Cl. The van der Waals surface area contributed by atoms with Crippen molar-refractivity contribution in [3.8, 4) is 0 Å². The number of imidazole rings is 1. The van der Waals surface area contributed by atoms with E-state index < -0.39 is 10.0 Å². The molecule has 0 aliphatic rings. The summed E-state index contributed by atoms with van der Waals surface area (Å²) < 4.78 is 28.8. The molecular weight excluding hydrogens is 312 g/mol. The third kappa shape index (κ3) is 3.55. The molecular formula is C13H17ClN4O2S. The Morgan fingerprint density at radius 1 is 1.43 bits per heavy atom. The molecule has 6 nitrogen and oxygen atoms in total. The minimum absolute atomic E-state index is 0.0652. The van der Waals surface area contributed by atoms with Gasteiger partial charge in [-0.25, -0.2) is 18.1 Å². The minimum atomic E-state index is -3.64. The quantitative estimate of drug-likeness (QED) is 0.814. The van der Waals surface area contributed by atoms with Crippen molar-refractivity contribution < 1.29 is 8.42 Å². The fraction of sp³-hybridized carbons (Fsp3) is 0.308. The van der Waals surface area contributed by atoms with Crippen molar-refractivity contribution in [2.45, 2.75) is 18.2 Å². The summed E-state index contributed by atoms with van der Waals surface area (Å²) in [7, 11) is -1.78. The molecule has 2 rings (SSSR count). The van der Waals surface area contributed by atoms with Crippen LogP contribution in [0.1, 0.15) is 11.4 Å². The summed E-state index contributed by atoms with van der Waals surface area (Å²) in [6.07, 6.45) is 3.98. The summed E-state index contributed by atoms with van der Waals surface area (Å²) in [6.45, 7) is 1.99. The Balaban J connectivity index is 2.10. The molecule has 0 spiro atoms. The number of halogens is 1. The van der Waals surface area contributed by atoms with Gasteiger partial charge in [0.1, 0.15) is 5.82 Å². The second-order valence-electron chi connectivity index (χ2n) is 4.72. The number of aryl methyl sites for hydroxylation is 1. The van der Waals surface area contributed by atoms with Crippen LogP contribution in [0, 0.1) is 6.92 Å². The number of anilines is 1. The summed E-state index contributed by atoms with van der Waals surface area (Å²) >= 11 is 5.98. The van der Waals surface area contributed by atoms with Crippen molar-refractivity contribution in [2.75, 3.05) is 12.3 Å². The van der Waals surface area contributed by atoms with Crippen LogP contribution in [0.2, 0.25) is 5.02 Å². The zero-order valence-electron chi connectivity index (χ0n) is 11.8. The molecule has 1 aromatic carbocycles. The lowest BCUT2D eigenvalue weighted by Gasteiger charge is -2.10. The van der Waals surface area contributed by atoms with Gasteiger partial charge in [-0.2, -0.15) is 0 Å². The molecule has 1 aromatic heterocycles. The van der Waals surface area contributed by atoms with Crippen molar-refractivity contribution in [1.29, 1.82) is 0 Å². The Morgan fingerprint density at radius 3 is 2.71 bits per heavy atom. The lowest BCUT2D eigenvalue weighted by molar-refractivity contribution is 0.580. The van der Waals surface area contributed by atoms with Crippen LogP contribution in [0.15, 0.2) is 29.4 Å². The van der Waals surface area contributed by atoms with Gasteiger partial charge in [-0.1, -0.05) is 11.6 Å². The maximum absolute atomic E-state index is 12.2. The number of sulfonamides is 1. The highest BCUT2D eigenvalue weighted by Gasteiger charge is 2.16. The van der Waals surface area contributed by atoms with Gasteiger partial charge in [0.15, 0.2) is 0 Å². The van der Waals surface area contributed by atoms with Crippen LogP contribution < -0.4 is 10.5 Å². The monoisotopic (exact) mass is 328 g/mol. The highest BCUT2D eigenvalue weighted by atomic mass is 35.5. The molecule has 0 radical (unpaired) electrons. The molecule has 0 atom stereocenters. The first-order valence-corrected chi connectivity index (χ1v) is 8.19. The number of nitrogens with two attached hydrogens (primary N) is 1. The molecule has 0 fully saturated rings. The van der Waals surface area contributed by atoms with E-state index in [0.717, 1.165) is 5.82 Å². The second-order valence-corrected chi connectivity index (χ2v) is 6.90. The number of nitrogens with zero attached hydrogens (tertiary/aromatic N) is 2. The van der Waals surface area contributed by atoms with Crippen LogP contribution in [0.25, 0.3) is 0 Å². The molecule has 0 aliphatic carbocycles. The molecule has 0 saturated carbocycles. The molecule has 8 heteroatoms. The van der Waals surface area contributed by atoms with Gasteiger partial charge in [-0.05, 0) is 24.6 Å². The van der Waals surface area contributed by atoms with Gasteiger partial charge >= 0.3 is 0 Å². The number of rotatable bonds is 5. The van der Waals surface area contributed by atoms with Gasteiger partial charge in [0.2, 0.25) is 10.0 Å². The highest BCUT2D eigenvalue weighted by molar-refractivity contribution is 7.89. The van der Waals surface area contributed by atoms with E-state index in [4.69, 9.17) is 17.3 Å². The van der Waals surface area contributed by atoms with E-state index in [1.807, 2.05) is 17.8 Å². The minimum Gasteiger partial charge on any atom is -0.398 e. The van der Waals surface area contributed by atoms with Gasteiger partial charge in [-0.3, -0.25) is 0 Å². The zero-order valence-corrected chi connectivity index (χ0v) is 13.4. The van der Waals surface area contributed by atoms with Crippen LogP contribution in [-0.2, 0) is 23.5 Å². The van der Waals surface area contributed by atoms with E-state index in [1.165, 1.54) is 12.1 Å². The fourth-order valence-electron chi connectivity index (χ4n) is 1.85. The van der Waals surface area contributed by atoms with Crippen LogP contribution >= 0.6 is 11.6 Å². The van der Waals surface area contributed by atoms with Crippen molar-refractivity contribution in [3.63, 3.8) is 0 Å². The van der Waals surface area contributed by atoms with Crippen LogP contribution in [-0.4, -0.2) is 24.5 Å². The van der Waals surface area contributed by atoms with Crippen molar-refractivity contribution in [3.05, 3.63) is 40.9 Å². The number of hydrogen-bond donors (Lipinski definition) is 2. The maximum Gasteiger partial charge on any atom is 0.240 e. The number of aromatic nitrogens is 2. The third-order valence-electron chi connectivity index (χ3n) is 3.23. The van der Waals surface area contributed by atoms with Crippen LogP contribution in [0.3, 0.4) is 0 Å². The molecule has 0 saturated heterocycles. The third-order valence-corrected chi connectivity index (χ3v) is 5.06. The lowest BCUT2D eigenvalue weighted by Crippen LogP contribution is -2.26. The molecule has 0 amide bonds. The predicted octanol–water partition coefficient (Wildman–Crippen LogP) is 1.49. The average Bonchev–Trinajstić information content (AvgIpc) is 2.81. The number of hydrogen-bond acceptors (Lipinski definition) is 4. The highest BCUT2D eigenvalue weighted by Crippen LogP contribution is 2.25. The van der Waals surface area contributed by atoms with E-state index in [1.54, 1.807) is 13.1 Å². The van der Waals surface area contributed by atoms with Gasteiger partial charge in [0.25, 0.3) is 0 Å². The molecule has 1 heterocycles. The first kappa shape index (κ1) is 15.8. The summed E-state index contributed by atoms with van der Waals surface area (Å²) in [6, 6.07) is 2.81.